The van der Waals surface area contributed by atoms with Gasteiger partial charge in [0.1, 0.15) is 5.69 Å². The zero-order chi connectivity index (χ0) is 12.4. The third-order valence-corrected chi connectivity index (χ3v) is 3.43. The number of hydrogen-bond donors (Lipinski definition) is 0. The lowest BCUT2D eigenvalue weighted by molar-refractivity contribution is 0.0409. The third kappa shape index (κ3) is 2.44. The summed E-state index contributed by atoms with van der Waals surface area (Å²) in [5.74, 6) is -0.0232. The summed E-state index contributed by atoms with van der Waals surface area (Å²) in [5, 5.41) is 0. The van der Waals surface area contributed by atoms with E-state index in [1.54, 1.807) is 12.4 Å². The molecule has 17 heavy (non-hydrogen) atoms. The molecule has 1 aromatic rings. The van der Waals surface area contributed by atoms with Crippen molar-refractivity contribution in [1.82, 2.24) is 19.8 Å². The van der Waals surface area contributed by atoms with Crippen LogP contribution < -0.4 is 0 Å². The van der Waals surface area contributed by atoms with Crippen molar-refractivity contribution >= 4 is 5.91 Å². The van der Waals surface area contributed by atoms with E-state index in [2.05, 4.69) is 35.8 Å². The van der Waals surface area contributed by atoms with Gasteiger partial charge in [0, 0.05) is 37.6 Å². The Balaban J connectivity index is 2.11. The summed E-state index contributed by atoms with van der Waals surface area (Å²) < 4.78 is 0. The normalized spacial score (nSPS) is 25.9. The quantitative estimate of drug-likeness (QED) is 0.715. The van der Waals surface area contributed by atoms with Gasteiger partial charge < -0.3 is 4.90 Å². The second-order valence-electron chi connectivity index (χ2n) is 4.66. The van der Waals surface area contributed by atoms with Gasteiger partial charge in [-0.15, -0.1) is 0 Å². The Morgan fingerprint density at radius 2 is 1.94 bits per heavy atom. The molecule has 0 bridgehead atoms. The summed E-state index contributed by atoms with van der Waals surface area (Å²) in [4.78, 5) is 24.3. The van der Waals surface area contributed by atoms with Gasteiger partial charge in [-0.3, -0.25) is 14.7 Å². The number of rotatable bonds is 1. The van der Waals surface area contributed by atoms with E-state index in [1.165, 1.54) is 6.20 Å². The van der Waals surface area contributed by atoms with Crippen LogP contribution in [0.5, 0.6) is 0 Å². The molecule has 0 saturated carbocycles. The first-order valence-electron chi connectivity index (χ1n) is 5.87. The van der Waals surface area contributed by atoms with Crippen molar-refractivity contribution in [2.24, 2.45) is 0 Å². The molecule has 0 N–H and O–H groups in total. The van der Waals surface area contributed by atoms with E-state index in [-0.39, 0.29) is 5.91 Å². The highest BCUT2D eigenvalue weighted by Crippen LogP contribution is 2.14. The number of piperazine rings is 1. The minimum atomic E-state index is -0.0232. The van der Waals surface area contributed by atoms with Gasteiger partial charge in [-0.05, 0) is 20.9 Å². The minimum absolute atomic E-state index is 0.0232. The zero-order valence-electron chi connectivity index (χ0n) is 10.5. The SMILES string of the molecule is CC1CN(C(=O)c2cnccn2)CC(C)N1C. The second kappa shape index (κ2) is 4.79. The van der Waals surface area contributed by atoms with Crippen molar-refractivity contribution in [3.05, 3.63) is 24.3 Å². The smallest absolute Gasteiger partial charge is 0.274 e. The van der Waals surface area contributed by atoms with Gasteiger partial charge in [-0.25, -0.2) is 4.98 Å². The number of aromatic nitrogens is 2. The van der Waals surface area contributed by atoms with Crippen LogP contribution in [0, 0.1) is 0 Å². The molecule has 0 aliphatic carbocycles. The molecule has 2 unspecified atom stereocenters. The summed E-state index contributed by atoms with van der Waals surface area (Å²) in [6, 6.07) is 0.749. The molecule has 5 nitrogen and oxygen atoms in total. The first-order valence-corrected chi connectivity index (χ1v) is 5.87. The second-order valence-corrected chi connectivity index (χ2v) is 4.66. The van der Waals surface area contributed by atoms with Crippen LogP contribution in [0.2, 0.25) is 0 Å². The number of nitrogens with zero attached hydrogens (tertiary/aromatic N) is 4. The molecule has 2 rings (SSSR count). The van der Waals surface area contributed by atoms with Crippen LogP contribution in [0.1, 0.15) is 24.3 Å². The van der Waals surface area contributed by atoms with Crippen molar-refractivity contribution in [3.63, 3.8) is 0 Å². The van der Waals surface area contributed by atoms with Gasteiger partial charge in [0.25, 0.3) is 5.91 Å². The van der Waals surface area contributed by atoms with E-state index >= 15 is 0 Å². The molecule has 2 heterocycles. The van der Waals surface area contributed by atoms with Crippen LogP contribution in [-0.2, 0) is 0 Å². The number of carbonyl (C=O) groups excluding carboxylic acids is 1. The van der Waals surface area contributed by atoms with Crippen molar-refractivity contribution in [2.45, 2.75) is 25.9 Å². The Labute approximate surface area is 101 Å². The van der Waals surface area contributed by atoms with Gasteiger partial charge in [-0.1, -0.05) is 0 Å². The number of amides is 1. The van der Waals surface area contributed by atoms with Crippen molar-refractivity contribution in [3.8, 4) is 0 Å². The van der Waals surface area contributed by atoms with E-state index < -0.39 is 0 Å². The van der Waals surface area contributed by atoms with E-state index in [4.69, 9.17) is 0 Å². The molecule has 1 fully saturated rings. The average Bonchev–Trinajstić information content (AvgIpc) is 2.35. The van der Waals surface area contributed by atoms with Gasteiger partial charge >= 0.3 is 0 Å². The van der Waals surface area contributed by atoms with Gasteiger partial charge in [0.05, 0.1) is 6.20 Å². The predicted octanol–water partition coefficient (Wildman–Crippen LogP) is 0.641. The predicted molar refractivity (Wildman–Crippen MR) is 64.6 cm³/mol. The Morgan fingerprint density at radius 1 is 1.29 bits per heavy atom. The van der Waals surface area contributed by atoms with Crippen molar-refractivity contribution in [1.29, 1.82) is 0 Å². The van der Waals surface area contributed by atoms with E-state index in [1.807, 2.05) is 4.90 Å². The van der Waals surface area contributed by atoms with E-state index in [0.29, 0.717) is 17.8 Å². The highest BCUT2D eigenvalue weighted by Gasteiger charge is 2.30. The molecule has 2 atom stereocenters. The van der Waals surface area contributed by atoms with Crippen LogP contribution >= 0.6 is 0 Å². The molecule has 1 aliphatic heterocycles. The molecule has 1 aromatic heterocycles. The lowest BCUT2D eigenvalue weighted by atomic mass is 10.1. The highest BCUT2D eigenvalue weighted by atomic mass is 16.2. The van der Waals surface area contributed by atoms with E-state index in [0.717, 1.165) is 13.1 Å². The summed E-state index contributed by atoms with van der Waals surface area (Å²) in [5.41, 5.74) is 0.427. The number of likely N-dealkylation sites (N-methyl/N-ethyl adjacent to an activating group) is 1. The van der Waals surface area contributed by atoms with Crippen molar-refractivity contribution < 1.29 is 4.79 Å². The molecular formula is C12H18N4O. The average molecular weight is 234 g/mol. The molecule has 1 aliphatic rings. The molecule has 0 spiro atoms. The molecule has 1 amide bonds. The fourth-order valence-electron chi connectivity index (χ4n) is 2.14. The van der Waals surface area contributed by atoms with Crippen LogP contribution in [-0.4, -0.2) is 57.9 Å². The molecule has 1 saturated heterocycles. The minimum Gasteiger partial charge on any atom is -0.334 e. The topological polar surface area (TPSA) is 49.3 Å². The molecule has 5 heteroatoms. The summed E-state index contributed by atoms with van der Waals surface area (Å²) >= 11 is 0. The Hall–Kier alpha value is -1.49. The monoisotopic (exact) mass is 234 g/mol. The number of hydrogen-bond acceptors (Lipinski definition) is 4. The maximum Gasteiger partial charge on any atom is 0.274 e. The number of carbonyl (C=O) groups is 1. The molecule has 0 aromatic carbocycles. The third-order valence-electron chi connectivity index (χ3n) is 3.43. The maximum atomic E-state index is 12.2. The highest BCUT2D eigenvalue weighted by molar-refractivity contribution is 5.92. The first-order chi connectivity index (χ1) is 8.09. The largest absolute Gasteiger partial charge is 0.334 e. The van der Waals surface area contributed by atoms with Gasteiger partial charge in [-0.2, -0.15) is 0 Å². The summed E-state index contributed by atoms with van der Waals surface area (Å²) in [6.07, 6.45) is 4.65. The van der Waals surface area contributed by atoms with Crippen LogP contribution in [0.15, 0.2) is 18.6 Å². The van der Waals surface area contributed by atoms with E-state index in [9.17, 15) is 4.79 Å². The Morgan fingerprint density at radius 3 is 2.47 bits per heavy atom. The fraction of sp³-hybridized carbons (Fsp3) is 0.583. The molecule has 0 radical (unpaired) electrons. The van der Waals surface area contributed by atoms with Gasteiger partial charge in [0.2, 0.25) is 0 Å². The van der Waals surface area contributed by atoms with Crippen LogP contribution in [0.4, 0.5) is 0 Å². The maximum absolute atomic E-state index is 12.2. The first kappa shape index (κ1) is 12.0. The fourth-order valence-corrected chi connectivity index (χ4v) is 2.14. The Kier molecular flexibility index (Phi) is 3.38. The lowest BCUT2D eigenvalue weighted by Gasteiger charge is -2.42. The summed E-state index contributed by atoms with van der Waals surface area (Å²) in [6.45, 7) is 5.76. The van der Waals surface area contributed by atoms with Crippen LogP contribution in [0.25, 0.3) is 0 Å². The molecule has 92 valence electrons. The van der Waals surface area contributed by atoms with Crippen LogP contribution in [0.3, 0.4) is 0 Å². The lowest BCUT2D eigenvalue weighted by Crippen LogP contribution is -2.56. The zero-order valence-corrected chi connectivity index (χ0v) is 10.5. The summed E-state index contributed by atoms with van der Waals surface area (Å²) in [7, 11) is 2.10. The van der Waals surface area contributed by atoms with Gasteiger partial charge in [0.15, 0.2) is 0 Å². The molecular weight excluding hydrogens is 216 g/mol. The standard InChI is InChI=1S/C12H18N4O/c1-9-7-16(8-10(2)15(9)3)12(17)11-6-13-4-5-14-11/h4-6,9-10H,7-8H2,1-3H3. The Bertz CT molecular complexity index is 383. The van der Waals surface area contributed by atoms with Crippen molar-refractivity contribution in [2.75, 3.05) is 20.1 Å².